The summed E-state index contributed by atoms with van der Waals surface area (Å²) in [5.74, 6) is 0.703. The van der Waals surface area contributed by atoms with Crippen LogP contribution in [0.15, 0.2) is 0 Å². The Morgan fingerprint density at radius 2 is 2.06 bits per heavy atom. The van der Waals surface area contributed by atoms with E-state index in [1.807, 2.05) is 0 Å². The first kappa shape index (κ1) is 14.9. The van der Waals surface area contributed by atoms with Crippen molar-refractivity contribution in [2.75, 3.05) is 46.9 Å². The van der Waals surface area contributed by atoms with Crippen molar-refractivity contribution in [2.45, 2.75) is 32.4 Å². The second-order valence-electron chi connectivity index (χ2n) is 5.95. The van der Waals surface area contributed by atoms with Crippen LogP contribution >= 0.6 is 0 Å². The first-order chi connectivity index (χ1) is 7.91. The largest absolute Gasteiger partial charge is 0.394 e. The van der Waals surface area contributed by atoms with Gasteiger partial charge in [0.25, 0.3) is 0 Å². The lowest BCUT2D eigenvalue weighted by molar-refractivity contribution is 0.129. The van der Waals surface area contributed by atoms with Gasteiger partial charge < -0.3 is 15.3 Å². The van der Waals surface area contributed by atoms with Crippen molar-refractivity contribution in [3.05, 3.63) is 0 Å². The molecule has 0 spiro atoms. The van der Waals surface area contributed by atoms with Crippen LogP contribution in [0.3, 0.4) is 0 Å². The highest BCUT2D eigenvalue weighted by atomic mass is 16.3. The highest BCUT2D eigenvalue weighted by Gasteiger charge is 2.34. The van der Waals surface area contributed by atoms with E-state index in [0.29, 0.717) is 12.0 Å². The van der Waals surface area contributed by atoms with Gasteiger partial charge in [0.1, 0.15) is 0 Å². The van der Waals surface area contributed by atoms with Crippen molar-refractivity contribution >= 4 is 0 Å². The molecule has 1 fully saturated rings. The zero-order valence-corrected chi connectivity index (χ0v) is 12.0. The summed E-state index contributed by atoms with van der Waals surface area (Å²) in [6.07, 6.45) is 0. The molecule has 102 valence electrons. The molecule has 0 aromatic rings. The third-order valence-corrected chi connectivity index (χ3v) is 3.84. The Balaban J connectivity index is 2.53. The summed E-state index contributed by atoms with van der Waals surface area (Å²) in [7, 11) is 4.31. The molecule has 0 saturated carbocycles. The number of likely N-dealkylation sites (tertiary alicyclic amines) is 1. The van der Waals surface area contributed by atoms with E-state index in [9.17, 15) is 5.11 Å². The third-order valence-electron chi connectivity index (χ3n) is 3.84. The van der Waals surface area contributed by atoms with Crippen LogP contribution in [-0.4, -0.2) is 73.4 Å². The molecular formula is C13H29N3O. The van der Waals surface area contributed by atoms with Crippen molar-refractivity contribution in [1.82, 2.24) is 15.1 Å². The number of aliphatic hydroxyl groups excluding tert-OH is 1. The van der Waals surface area contributed by atoms with Crippen molar-refractivity contribution in [3.63, 3.8) is 0 Å². The van der Waals surface area contributed by atoms with Gasteiger partial charge in [-0.05, 0) is 33.5 Å². The highest BCUT2D eigenvalue weighted by Crippen LogP contribution is 2.21. The Labute approximate surface area is 106 Å². The number of hydrogen-bond acceptors (Lipinski definition) is 4. The van der Waals surface area contributed by atoms with Gasteiger partial charge in [0.2, 0.25) is 0 Å². The van der Waals surface area contributed by atoms with E-state index in [2.05, 4.69) is 50.0 Å². The molecule has 1 aliphatic rings. The maximum absolute atomic E-state index is 9.52. The van der Waals surface area contributed by atoms with Gasteiger partial charge in [-0.1, -0.05) is 13.8 Å². The van der Waals surface area contributed by atoms with Gasteiger partial charge in [0, 0.05) is 25.7 Å². The fraction of sp³-hybridized carbons (Fsp3) is 1.00. The molecule has 4 nitrogen and oxygen atoms in total. The summed E-state index contributed by atoms with van der Waals surface area (Å²) in [6.45, 7) is 10.8. The normalized spacial score (nSPS) is 29.8. The molecular weight excluding hydrogens is 214 g/mol. The molecule has 3 unspecified atom stereocenters. The van der Waals surface area contributed by atoms with Gasteiger partial charge in [-0.3, -0.25) is 4.90 Å². The zero-order chi connectivity index (χ0) is 13.1. The summed E-state index contributed by atoms with van der Waals surface area (Å²) in [4.78, 5) is 4.78. The summed E-state index contributed by atoms with van der Waals surface area (Å²) in [5.41, 5.74) is -0.171. The second kappa shape index (κ2) is 6.14. The Kier molecular flexibility index (Phi) is 5.38. The average Bonchev–Trinajstić information content (AvgIpc) is 2.59. The summed E-state index contributed by atoms with van der Waals surface area (Å²) in [5, 5.41) is 12.9. The molecule has 1 aliphatic heterocycles. The van der Waals surface area contributed by atoms with Crippen molar-refractivity contribution < 1.29 is 5.11 Å². The summed E-state index contributed by atoms with van der Waals surface area (Å²) in [6, 6.07) is 0.638. The fourth-order valence-electron chi connectivity index (χ4n) is 2.93. The van der Waals surface area contributed by atoms with E-state index in [4.69, 9.17) is 0 Å². The Bertz CT molecular complexity index is 235. The molecule has 1 heterocycles. The average molecular weight is 243 g/mol. The van der Waals surface area contributed by atoms with Gasteiger partial charge in [0.05, 0.1) is 12.1 Å². The van der Waals surface area contributed by atoms with E-state index >= 15 is 0 Å². The molecule has 0 bridgehead atoms. The standard InChI is InChI=1S/C13H29N3O/c1-6-14-13(3,10-17)9-16-7-11(2)12(8-16)15(4)5/h11-12,14,17H,6-10H2,1-5H3. The number of aliphatic hydroxyl groups is 1. The van der Waals surface area contributed by atoms with Crippen LogP contribution < -0.4 is 5.32 Å². The van der Waals surface area contributed by atoms with Crippen LogP contribution in [0.4, 0.5) is 0 Å². The fourth-order valence-corrected chi connectivity index (χ4v) is 2.93. The van der Waals surface area contributed by atoms with Gasteiger partial charge in [-0.25, -0.2) is 0 Å². The predicted molar refractivity (Wildman–Crippen MR) is 72.2 cm³/mol. The van der Waals surface area contributed by atoms with Crippen LogP contribution in [0.2, 0.25) is 0 Å². The molecule has 17 heavy (non-hydrogen) atoms. The molecule has 0 amide bonds. The van der Waals surface area contributed by atoms with E-state index in [-0.39, 0.29) is 12.1 Å². The van der Waals surface area contributed by atoms with Crippen LogP contribution in [0.5, 0.6) is 0 Å². The SMILES string of the molecule is CCNC(C)(CO)CN1CC(C)C(N(C)C)C1. The van der Waals surface area contributed by atoms with Gasteiger partial charge in [0.15, 0.2) is 0 Å². The lowest BCUT2D eigenvalue weighted by Crippen LogP contribution is -2.53. The van der Waals surface area contributed by atoms with Crippen LogP contribution in [0.25, 0.3) is 0 Å². The lowest BCUT2D eigenvalue weighted by atomic mass is 10.0. The quantitative estimate of drug-likeness (QED) is 0.700. The van der Waals surface area contributed by atoms with E-state index < -0.39 is 0 Å². The van der Waals surface area contributed by atoms with Crippen LogP contribution in [0.1, 0.15) is 20.8 Å². The third kappa shape index (κ3) is 3.91. The molecule has 1 saturated heterocycles. The molecule has 3 atom stereocenters. The summed E-state index contributed by atoms with van der Waals surface area (Å²) >= 11 is 0. The molecule has 0 radical (unpaired) electrons. The first-order valence-corrected chi connectivity index (χ1v) is 6.66. The number of rotatable bonds is 6. The monoisotopic (exact) mass is 243 g/mol. The highest BCUT2D eigenvalue weighted by molar-refractivity contribution is 4.92. The second-order valence-corrected chi connectivity index (χ2v) is 5.95. The first-order valence-electron chi connectivity index (χ1n) is 6.66. The predicted octanol–water partition coefficient (Wildman–Crippen LogP) is 0.229. The van der Waals surface area contributed by atoms with Crippen LogP contribution in [-0.2, 0) is 0 Å². The molecule has 0 aliphatic carbocycles. The van der Waals surface area contributed by atoms with E-state index in [1.54, 1.807) is 0 Å². The number of hydrogen-bond donors (Lipinski definition) is 2. The van der Waals surface area contributed by atoms with Crippen molar-refractivity contribution in [3.8, 4) is 0 Å². The van der Waals surface area contributed by atoms with E-state index in [0.717, 1.165) is 26.2 Å². The number of nitrogens with one attached hydrogen (secondary N) is 1. The minimum Gasteiger partial charge on any atom is -0.394 e. The van der Waals surface area contributed by atoms with Gasteiger partial charge in [-0.15, -0.1) is 0 Å². The minimum atomic E-state index is -0.171. The maximum atomic E-state index is 9.52. The topological polar surface area (TPSA) is 38.7 Å². The smallest absolute Gasteiger partial charge is 0.0623 e. The van der Waals surface area contributed by atoms with E-state index in [1.165, 1.54) is 0 Å². The molecule has 0 aromatic carbocycles. The van der Waals surface area contributed by atoms with Gasteiger partial charge in [-0.2, -0.15) is 0 Å². The molecule has 1 rings (SSSR count). The lowest BCUT2D eigenvalue weighted by Gasteiger charge is -2.33. The van der Waals surface area contributed by atoms with Gasteiger partial charge >= 0.3 is 0 Å². The Hall–Kier alpha value is -0.160. The number of likely N-dealkylation sites (N-methyl/N-ethyl adjacent to an activating group) is 2. The Morgan fingerprint density at radius 3 is 2.47 bits per heavy atom. The van der Waals surface area contributed by atoms with Crippen molar-refractivity contribution in [2.24, 2.45) is 5.92 Å². The number of nitrogens with zero attached hydrogens (tertiary/aromatic N) is 2. The maximum Gasteiger partial charge on any atom is 0.0623 e. The zero-order valence-electron chi connectivity index (χ0n) is 12.0. The minimum absolute atomic E-state index is 0.171. The van der Waals surface area contributed by atoms with Crippen molar-refractivity contribution in [1.29, 1.82) is 0 Å². The molecule has 0 aromatic heterocycles. The molecule has 4 heteroatoms. The Morgan fingerprint density at radius 1 is 1.41 bits per heavy atom. The summed E-state index contributed by atoms with van der Waals surface area (Å²) < 4.78 is 0. The molecule has 2 N–H and O–H groups in total. The van der Waals surface area contributed by atoms with Crippen LogP contribution in [0, 0.1) is 5.92 Å².